The van der Waals surface area contributed by atoms with Crippen LogP contribution in [0.1, 0.15) is 10.4 Å². The van der Waals surface area contributed by atoms with Crippen LogP contribution in [0.15, 0.2) is 70.3 Å². The van der Waals surface area contributed by atoms with E-state index < -0.39 is 10.0 Å². The van der Waals surface area contributed by atoms with E-state index in [0.29, 0.717) is 5.69 Å². The largest absolute Gasteiger partial charge is 0.383 e. The van der Waals surface area contributed by atoms with Crippen molar-refractivity contribution in [1.29, 1.82) is 5.41 Å². The van der Waals surface area contributed by atoms with Gasteiger partial charge in [-0.15, -0.1) is 34.4 Å². The Bertz CT molecular complexity index is 1340. The number of amidine groups is 1. The van der Waals surface area contributed by atoms with Crippen LogP contribution in [0.5, 0.6) is 0 Å². The first-order chi connectivity index (χ1) is 15.3. The lowest BCUT2D eigenvalue weighted by atomic mass is 10.1. The SMILES string of the molecule is CSc1sc(C(=N)N)cc1-c1nc(-c2ccc(NS(=O)(=O)Cc3ccccc3)cc2)cs1. The van der Waals surface area contributed by atoms with Gasteiger partial charge in [0.05, 0.1) is 20.5 Å². The molecular formula is C22H20N4O2S4. The number of nitrogen functional groups attached to an aromatic ring is 1. The molecular weight excluding hydrogens is 481 g/mol. The molecule has 0 saturated carbocycles. The van der Waals surface area contributed by atoms with Crippen LogP contribution in [0.3, 0.4) is 0 Å². The van der Waals surface area contributed by atoms with Gasteiger partial charge in [0.15, 0.2) is 0 Å². The summed E-state index contributed by atoms with van der Waals surface area (Å²) in [6.07, 6.45) is 1.99. The molecule has 4 rings (SSSR count). The molecule has 2 heterocycles. The van der Waals surface area contributed by atoms with Gasteiger partial charge in [0.1, 0.15) is 10.8 Å². The van der Waals surface area contributed by atoms with Gasteiger partial charge in [0.2, 0.25) is 10.0 Å². The molecule has 0 atom stereocenters. The fourth-order valence-corrected chi connectivity index (χ4v) is 6.97. The summed E-state index contributed by atoms with van der Waals surface area (Å²) >= 11 is 4.63. The first kappa shape index (κ1) is 22.5. The highest BCUT2D eigenvalue weighted by Crippen LogP contribution is 2.40. The summed E-state index contributed by atoms with van der Waals surface area (Å²) in [5.74, 6) is -0.0234. The number of thiophene rings is 1. The number of hydrogen-bond donors (Lipinski definition) is 3. The number of sulfonamides is 1. The van der Waals surface area contributed by atoms with Crippen molar-refractivity contribution in [2.24, 2.45) is 5.73 Å². The zero-order valence-corrected chi connectivity index (χ0v) is 20.3. The van der Waals surface area contributed by atoms with Crippen LogP contribution < -0.4 is 10.5 Å². The summed E-state index contributed by atoms with van der Waals surface area (Å²) in [5.41, 5.74) is 9.57. The summed E-state index contributed by atoms with van der Waals surface area (Å²) in [6, 6.07) is 18.2. The minimum Gasteiger partial charge on any atom is -0.383 e. The predicted octanol–water partition coefficient (Wildman–Crippen LogP) is 5.49. The standard InChI is InChI=1S/C22H20N4O2S4/c1-29-22-17(11-19(31-22)20(23)24)21-25-18(12-30-21)15-7-9-16(10-8-15)26-32(27,28)13-14-5-3-2-4-6-14/h2-12,26H,13H2,1H3,(H3,23,24). The smallest absolute Gasteiger partial charge is 0.236 e. The summed E-state index contributed by atoms with van der Waals surface area (Å²) < 4.78 is 28.6. The van der Waals surface area contributed by atoms with Crippen LogP contribution in [0.25, 0.3) is 21.8 Å². The molecule has 0 radical (unpaired) electrons. The molecule has 0 bridgehead atoms. The monoisotopic (exact) mass is 500 g/mol. The van der Waals surface area contributed by atoms with Crippen molar-refractivity contribution in [2.45, 2.75) is 9.96 Å². The van der Waals surface area contributed by atoms with Gasteiger partial charge in [0, 0.05) is 22.2 Å². The number of anilines is 1. The van der Waals surface area contributed by atoms with Crippen molar-refractivity contribution in [2.75, 3.05) is 11.0 Å². The Morgan fingerprint density at radius 1 is 1.16 bits per heavy atom. The predicted molar refractivity (Wildman–Crippen MR) is 136 cm³/mol. The molecule has 6 nitrogen and oxygen atoms in total. The minimum absolute atomic E-state index is 0.0543. The second-order valence-electron chi connectivity index (χ2n) is 6.89. The lowest BCUT2D eigenvalue weighted by Crippen LogP contribution is -2.14. The van der Waals surface area contributed by atoms with E-state index in [4.69, 9.17) is 16.1 Å². The molecule has 0 fully saturated rings. The number of thioether (sulfide) groups is 1. The van der Waals surface area contributed by atoms with Crippen LogP contribution in [0.2, 0.25) is 0 Å². The Labute approximate surface area is 199 Å². The molecule has 0 aliphatic carbocycles. The fourth-order valence-electron chi connectivity index (χ4n) is 3.06. The van der Waals surface area contributed by atoms with E-state index in [0.717, 1.165) is 36.5 Å². The maximum Gasteiger partial charge on any atom is 0.236 e. The van der Waals surface area contributed by atoms with E-state index in [9.17, 15) is 8.42 Å². The van der Waals surface area contributed by atoms with Gasteiger partial charge >= 0.3 is 0 Å². The first-order valence-electron chi connectivity index (χ1n) is 9.47. The fraction of sp³-hybridized carbons (Fsp3) is 0.0909. The van der Waals surface area contributed by atoms with Crippen LogP contribution in [-0.2, 0) is 15.8 Å². The first-order valence-corrected chi connectivity index (χ1v) is 14.0. The number of rotatable bonds is 8. The van der Waals surface area contributed by atoms with Gasteiger partial charge in [0.25, 0.3) is 0 Å². The minimum atomic E-state index is -3.50. The van der Waals surface area contributed by atoms with Crippen molar-refractivity contribution in [1.82, 2.24) is 4.98 Å². The van der Waals surface area contributed by atoms with Crippen molar-refractivity contribution in [3.05, 3.63) is 76.5 Å². The molecule has 2 aromatic carbocycles. The highest BCUT2D eigenvalue weighted by Gasteiger charge is 2.16. The lowest BCUT2D eigenvalue weighted by Gasteiger charge is -2.08. The second-order valence-corrected chi connectivity index (χ2v) is 11.6. The Balaban J connectivity index is 1.51. The van der Waals surface area contributed by atoms with Gasteiger partial charge in [-0.05, 0) is 30.0 Å². The van der Waals surface area contributed by atoms with Crippen molar-refractivity contribution < 1.29 is 8.42 Å². The summed E-state index contributed by atoms with van der Waals surface area (Å²) in [5, 5.41) is 10.5. The molecule has 4 aromatic rings. The maximum atomic E-state index is 12.4. The van der Waals surface area contributed by atoms with E-state index in [1.54, 1.807) is 36.0 Å². The number of thiazole rings is 1. The third-order valence-electron chi connectivity index (χ3n) is 4.54. The van der Waals surface area contributed by atoms with Crippen molar-refractivity contribution in [3.63, 3.8) is 0 Å². The van der Waals surface area contributed by atoms with Gasteiger partial charge in [-0.2, -0.15) is 0 Å². The third-order valence-corrected chi connectivity index (χ3v) is 8.98. The van der Waals surface area contributed by atoms with Gasteiger partial charge in [-0.1, -0.05) is 42.5 Å². The molecule has 4 N–H and O–H groups in total. The molecule has 0 spiro atoms. The molecule has 0 saturated heterocycles. The van der Waals surface area contributed by atoms with E-state index in [1.807, 2.05) is 48.0 Å². The number of nitrogens with two attached hydrogens (primary N) is 1. The highest BCUT2D eigenvalue weighted by molar-refractivity contribution is 8.00. The second kappa shape index (κ2) is 9.45. The van der Waals surface area contributed by atoms with E-state index in [2.05, 4.69) is 4.72 Å². The normalized spacial score (nSPS) is 11.4. The summed E-state index contributed by atoms with van der Waals surface area (Å²) in [7, 11) is -3.50. The Hall–Kier alpha value is -2.66. The van der Waals surface area contributed by atoms with Crippen LogP contribution in [0.4, 0.5) is 5.69 Å². The molecule has 10 heteroatoms. The molecule has 2 aromatic heterocycles. The molecule has 32 heavy (non-hydrogen) atoms. The maximum absolute atomic E-state index is 12.4. The Morgan fingerprint density at radius 3 is 2.53 bits per heavy atom. The van der Waals surface area contributed by atoms with Crippen LogP contribution in [-0.4, -0.2) is 25.5 Å². The zero-order chi connectivity index (χ0) is 22.7. The van der Waals surface area contributed by atoms with Crippen LogP contribution in [0, 0.1) is 5.41 Å². The highest BCUT2D eigenvalue weighted by atomic mass is 32.2. The average Bonchev–Trinajstić information content (AvgIpc) is 3.41. The molecule has 0 unspecified atom stereocenters. The number of benzene rings is 2. The Morgan fingerprint density at radius 2 is 1.88 bits per heavy atom. The topological polar surface area (TPSA) is 109 Å². The Kier molecular flexibility index (Phi) is 6.66. The van der Waals surface area contributed by atoms with Crippen molar-refractivity contribution in [3.8, 4) is 21.8 Å². The molecule has 0 aliphatic rings. The number of hydrogen-bond acceptors (Lipinski definition) is 7. The number of aromatic nitrogens is 1. The average molecular weight is 501 g/mol. The van der Waals surface area contributed by atoms with E-state index in [1.165, 1.54) is 22.7 Å². The van der Waals surface area contributed by atoms with E-state index in [-0.39, 0.29) is 11.6 Å². The lowest BCUT2D eigenvalue weighted by molar-refractivity contribution is 0.600. The van der Waals surface area contributed by atoms with E-state index >= 15 is 0 Å². The molecule has 164 valence electrons. The number of nitrogens with one attached hydrogen (secondary N) is 2. The van der Waals surface area contributed by atoms with Gasteiger partial charge in [-0.3, -0.25) is 10.1 Å². The van der Waals surface area contributed by atoms with Gasteiger partial charge < -0.3 is 5.73 Å². The summed E-state index contributed by atoms with van der Waals surface area (Å²) in [6.45, 7) is 0. The van der Waals surface area contributed by atoms with Crippen molar-refractivity contribution >= 4 is 56.0 Å². The molecule has 0 amide bonds. The number of nitrogens with zero attached hydrogens (tertiary/aromatic N) is 1. The third kappa shape index (κ3) is 5.21. The summed E-state index contributed by atoms with van der Waals surface area (Å²) in [4.78, 5) is 5.48. The van der Waals surface area contributed by atoms with Gasteiger partial charge in [-0.25, -0.2) is 13.4 Å². The quantitative estimate of drug-likeness (QED) is 0.168. The van der Waals surface area contributed by atoms with Crippen LogP contribution >= 0.6 is 34.4 Å². The zero-order valence-electron chi connectivity index (χ0n) is 17.0. The molecule has 0 aliphatic heterocycles.